The van der Waals surface area contributed by atoms with Crippen molar-refractivity contribution >= 4 is 5.49 Å². The molecule has 1 atom stereocenters. The molecule has 2 rings (SSSR count). The summed E-state index contributed by atoms with van der Waals surface area (Å²) in [6, 6.07) is 0. The molecule has 0 saturated carbocycles. The van der Waals surface area contributed by atoms with E-state index in [1.165, 1.54) is 6.42 Å². The number of hydrogen-bond acceptors (Lipinski definition) is 0. The van der Waals surface area contributed by atoms with Crippen LogP contribution in [0.1, 0.15) is 34.1 Å². The molecule has 0 spiro atoms. The summed E-state index contributed by atoms with van der Waals surface area (Å²) in [6.45, 7) is 14.6. The van der Waals surface area contributed by atoms with Crippen molar-refractivity contribution in [2.24, 2.45) is 5.92 Å². The van der Waals surface area contributed by atoms with E-state index in [0.717, 1.165) is 5.92 Å². The Morgan fingerprint density at radius 1 is 1.10 bits per heavy atom. The van der Waals surface area contributed by atoms with E-state index in [2.05, 4.69) is 59.0 Å². The summed E-state index contributed by atoms with van der Waals surface area (Å²) < 4.78 is 3.80. The molecule has 2 aliphatic carbocycles. The largest absolute Gasteiger partial charge is 1.00 e. The fraction of sp³-hybridized carbons (Fsp3) is 0.500. The number of rotatable bonds is 2. The minimum Gasteiger partial charge on any atom is -1.00 e. The monoisotopic (exact) mass is 494 g/mol. The van der Waals surface area contributed by atoms with Gasteiger partial charge in [-0.3, -0.25) is 0 Å². The zero-order valence-corrected chi connectivity index (χ0v) is 19.4. The van der Waals surface area contributed by atoms with Crippen molar-refractivity contribution in [1.82, 2.24) is 0 Å². The molecule has 0 nitrogen and oxygen atoms in total. The third kappa shape index (κ3) is 3.69. The van der Waals surface area contributed by atoms with Gasteiger partial charge in [0.05, 0.1) is 0 Å². The van der Waals surface area contributed by atoms with E-state index in [1.54, 1.807) is 16.7 Å². The second-order valence-corrected chi connectivity index (χ2v) is 29.6. The molecule has 0 amide bonds. The summed E-state index contributed by atoms with van der Waals surface area (Å²) in [5.41, 5.74) is 4.77. The Kier molecular flexibility index (Phi) is 8.57. The van der Waals surface area contributed by atoms with Crippen LogP contribution in [0.25, 0.3) is 0 Å². The fourth-order valence-electron chi connectivity index (χ4n) is 3.16. The average Bonchev–Trinajstić information content (AvgIpc) is 2.89. The normalized spacial score (nSPS) is 20.2. The van der Waals surface area contributed by atoms with E-state index in [0.29, 0.717) is 0 Å². The first kappa shape index (κ1) is 20.6. The molecule has 20 heavy (non-hydrogen) atoms. The van der Waals surface area contributed by atoms with Crippen LogP contribution in [0, 0.1) is 5.92 Å². The van der Waals surface area contributed by atoms with Gasteiger partial charge < -0.3 is 24.8 Å². The van der Waals surface area contributed by atoms with Gasteiger partial charge in [0.15, 0.2) is 0 Å². The quantitative estimate of drug-likeness (QED) is 0.432. The molecular formula is C16H24Cl2HfSi. The van der Waals surface area contributed by atoms with E-state index in [4.69, 9.17) is 0 Å². The topological polar surface area (TPSA) is 0 Å². The first-order valence-corrected chi connectivity index (χ1v) is 18.4. The third-order valence-electron chi connectivity index (χ3n) is 4.50. The molecule has 1 unspecified atom stereocenters. The van der Waals surface area contributed by atoms with Crippen LogP contribution >= 0.6 is 0 Å². The molecule has 0 bridgehead atoms. The zero-order chi connectivity index (χ0) is 13.4. The maximum absolute atomic E-state index is 2.56. The third-order valence-corrected chi connectivity index (χ3v) is 29.6. The second kappa shape index (κ2) is 8.31. The predicted molar refractivity (Wildman–Crippen MR) is 79.6 cm³/mol. The van der Waals surface area contributed by atoms with Gasteiger partial charge in [-0.15, -0.1) is 0 Å². The van der Waals surface area contributed by atoms with Crippen LogP contribution in [0.2, 0.25) is 13.1 Å². The van der Waals surface area contributed by atoms with Gasteiger partial charge in [0.2, 0.25) is 0 Å². The summed E-state index contributed by atoms with van der Waals surface area (Å²) in [4.78, 5) is 0. The maximum atomic E-state index is 2.56. The Morgan fingerprint density at radius 3 is 2.05 bits per heavy atom. The number of halogens is 2. The van der Waals surface area contributed by atoms with Crippen molar-refractivity contribution in [3.8, 4) is 0 Å². The standard InChI is InChI=1S/C9H13.C5H5.C2H6Si.2ClH.Hf/c1-6-5-7(2)9(4)8(6)3;1-2-4-5-3-1;1-3-2;;;/h6H,1-4H3;1-3H,4H2;1-2H3;2*1H;/q;;;;;+2/p-2. The second-order valence-electron chi connectivity index (χ2n) is 5.77. The molecule has 0 aliphatic heterocycles. The van der Waals surface area contributed by atoms with E-state index in [9.17, 15) is 0 Å². The molecule has 0 radical (unpaired) electrons. The van der Waals surface area contributed by atoms with Crippen molar-refractivity contribution in [3.63, 3.8) is 0 Å². The van der Waals surface area contributed by atoms with Crippen LogP contribution in [-0.2, 0) is 20.1 Å². The van der Waals surface area contributed by atoms with Gasteiger partial charge in [-0.1, -0.05) is 0 Å². The van der Waals surface area contributed by atoms with E-state index < -0.39 is 20.1 Å². The van der Waals surface area contributed by atoms with Gasteiger partial charge in [-0.25, -0.2) is 0 Å². The van der Waals surface area contributed by atoms with Gasteiger partial charge in [0, 0.05) is 0 Å². The summed E-state index contributed by atoms with van der Waals surface area (Å²) in [7, 11) is 0. The number of hydrogen-bond donors (Lipinski definition) is 0. The molecule has 0 aromatic carbocycles. The van der Waals surface area contributed by atoms with Gasteiger partial charge in [0.25, 0.3) is 0 Å². The summed E-state index contributed by atoms with van der Waals surface area (Å²) >= 11 is -1.72. The number of allylic oxidation sites excluding steroid dienone is 8. The van der Waals surface area contributed by atoms with Crippen molar-refractivity contribution in [3.05, 3.63) is 41.6 Å². The molecule has 0 saturated heterocycles. The first-order chi connectivity index (χ1) is 8.45. The van der Waals surface area contributed by atoms with Crippen LogP contribution in [0.15, 0.2) is 41.6 Å². The van der Waals surface area contributed by atoms with Crippen LogP contribution in [0.5, 0.6) is 0 Å². The first-order valence-electron chi connectivity index (χ1n) is 6.87. The summed E-state index contributed by atoms with van der Waals surface area (Å²) in [5, 5.41) is 0. The molecule has 2 aliphatic rings. The Balaban J connectivity index is 0.00000180. The summed E-state index contributed by atoms with van der Waals surface area (Å²) in [5.74, 6) is 0.744. The molecule has 0 aromatic rings. The predicted octanol–water partition coefficient (Wildman–Crippen LogP) is -1.03. The SMILES string of the molecule is CC1=C(C)C(C)[C]([Hf+2]([C]2=CC=CC2)=[Si](C)C)=C1C.[Cl-].[Cl-]. The maximum Gasteiger partial charge on any atom is -1.00 e. The fourth-order valence-corrected chi connectivity index (χ4v) is 29.6. The molecule has 0 N–H and O–H groups in total. The van der Waals surface area contributed by atoms with Gasteiger partial charge in [0.1, 0.15) is 0 Å². The Morgan fingerprint density at radius 2 is 1.70 bits per heavy atom. The Hall–Kier alpha value is 0.627. The molecule has 4 heteroatoms. The Labute approximate surface area is 144 Å². The van der Waals surface area contributed by atoms with Gasteiger partial charge >= 0.3 is 120 Å². The summed E-state index contributed by atoms with van der Waals surface area (Å²) in [6.07, 6.45) is 8.36. The molecule has 0 heterocycles. The van der Waals surface area contributed by atoms with Crippen molar-refractivity contribution in [2.75, 3.05) is 0 Å². The molecule has 110 valence electrons. The average molecular weight is 494 g/mol. The minimum atomic E-state index is -1.72. The van der Waals surface area contributed by atoms with Crippen LogP contribution in [-0.4, -0.2) is 5.49 Å². The molecular weight excluding hydrogens is 470 g/mol. The Bertz CT molecular complexity index is 547. The van der Waals surface area contributed by atoms with Crippen molar-refractivity contribution in [2.45, 2.75) is 47.2 Å². The smallest absolute Gasteiger partial charge is 1.00 e. The molecule has 0 aromatic heterocycles. The van der Waals surface area contributed by atoms with Crippen LogP contribution < -0.4 is 24.8 Å². The van der Waals surface area contributed by atoms with Crippen LogP contribution in [0.4, 0.5) is 0 Å². The van der Waals surface area contributed by atoms with E-state index >= 15 is 0 Å². The van der Waals surface area contributed by atoms with Crippen molar-refractivity contribution in [1.29, 1.82) is 0 Å². The van der Waals surface area contributed by atoms with Gasteiger partial charge in [-0.05, 0) is 0 Å². The van der Waals surface area contributed by atoms with Crippen molar-refractivity contribution < 1.29 is 44.9 Å². The zero-order valence-electron chi connectivity index (χ0n) is 13.3. The van der Waals surface area contributed by atoms with Gasteiger partial charge in [-0.2, -0.15) is 0 Å². The van der Waals surface area contributed by atoms with Crippen LogP contribution in [0.3, 0.4) is 0 Å². The van der Waals surface area contributed by atoms with E-state index in [1.807, 2.05) is 6.66 Å². The van der Waals surface area contributed by atoms with E-state index in [-0.39, 0.29) is 30.3 Å². The minimum absolute atomic E-state index is 0. The molecule has 0 fully saturated rings.